The minimum Gasteiger partial charge on any atom is -0.484 e. The van der Waals surface area contributed by atoms with Crippen molar-refractivity contribution < 1.29 is 9.53 Å². The van der Waals surface area contributed by atoms with E-state index in [9.17, 15) is 4.79 Å². The molecule has 0 fully saturated rings. The maximum Gasteiger partial charge on any atom is 0.257 e. The van der Waals surface area contributed by atoms with Gasteiger partial charge in [0.05, 0.1) is 0 Å². The summed E-state index contributed by atoms with van der Waals surface area (Å²) in [7, 11) is 1.58. The van der Waals surface area contributed by atoms with Gasteiger partial charge in [0.15, 0.2) is 6.61 Å². The fourth-order valence-electron chi connectivity index (χ4n) is 1.22. The van der Waals surface area contributed by atoms with Crippen LogP contribution in [0.4, 0.5) is 0 Å². The molecule has 4 nitrogen and oxygen atoms in total. The Morgan fingerprint density at radius 2 is 2.27 bits per heavy atom. The van der Waals surface area contributed by atoms with Gasteiger partial charge < -0.3 is 15.8 Å². The molecule has 0 aliphatic heterocycles. The Balaban J connectivity index is 2.66. The molecule has 0 aromatic heterocycles. The first-order chi connectivity index (χ1) is 7.17. The van der Waals surface area contributed by atoms with E-state index in [-0.39, 0.29) is 12.5 Å². The number of aryl methyl sites for hydroxylation is 1. The molecule has 15 heavy (non-hydrogen) atoms. The summed E-state index contributed by atoms with van der Waals surface area (Å²) in [5.41, 5.74) is 7.55. The summed E-state index contributed by atoms with van der Waals surface area (Å²) < 4.78 is 5.34. The van der Waals surface area contributed by atoms with Gasteiger partial charge in [0.2, 0.25) is 0 Å². The first kappa shape index (κ1) is 11.5. The van der Waals surface area contributed by atoms with Crippen LogP contribution in [0.5, 0.6) is 5.75 Å². The van der Waals surface area contributed by atoms with Gasteiger partial charge in [-0.3, -0.25) is 4.79 Å². The third-order valence-corrected chi connectivity index (χ3v) is 2.11. The van der Waals surface area contributed by atoms with E-state index in [2.05, 4.69) is 5.32 Å². The predicted octanol–water partition coefficient (Wildman–Crippen LogP) is 0.579. The third kappa shape index (κ3) is 3.25. The molecule has 0 spiro atoms. The number of rotatable bonds is 4. The monoisotopic (exact) mass is 208 g/mol. The zero-order chi connectivity index (χ0) is 11.3. The van der Waals surface area contributed by atoms with Gasteiger partial charge in [0.25, 0.3) is 5.91 Å². The Bertz CT molecular complexity index is 350. The second kappa shape index (κ2) is 5.36. The van der Waals surface area contributed by atoms with Crippen molar-refractivity contribution in [3.63, 3.8) is 0 Å². The molecular formula is C11H16N2O2. The molecule has 1 amide bonds. The molecule has 3 N–H and O–H groups in total. The van der Waals surface area contributed by atoms with E-state index in [0.717, 1.165) is 16.9 Å². The maximum atomic E-state index is 11.0. The van der Waals surface area contributed by atoms with Gasteiger partial charge in [0.1, 0.15) is 5.75 Å². The fourth-order valence-corrected chi connectivity index (χ4v) is 1.22. The van der Waals surface area contributed by atoms with E-state index >= 15 is 0 Å². The number of amides is 1. The molecule has 1 rings (SSSR count). The lowest BCUT2D eigenvalue weighted by Crippen LogP contribution is -2.25. The van der Waals surface area contributed by atoms with Crippen LogP contribution in [0.2, 0.25) is 0 Å². The number of carbonyl (C=O) groups excluding carboxylic acids is 1. The number of carbonyl (C=O) groups is 1. The van der Waals surface area contributed by atoms with E-state index in [1.165, 1.54) is 0 Å². The zero-order valence-corrected chi connectivity index (χ0v) is 9.04. The van der Waals surface area contributed by atoms with Gasteiger partial charge in [-0.1, -0.05) is 12.1 Å². The predicted molar refractivity (Wildman–Crippen MR) is 58.6 cm³/mol. The van der Waals surface area contributed by atoms with Gasteiger partial charge >= 0.3 is 0 Å². The molecule has 1 aromatic carbocycles. The highest BCUT2D eigenvalue weighted by Gasteiger charge is 2.03. The van der Waals surface area contributed by atoms with E-state index in [0.29, 0.717) is 6.54 Å². The van der Waals surface area contributed by atoms with Gasteiger partial charge in [-0.05, 0) is 24.1 Å². The number of nitrogens with two attached hydrogens (primary N) is 1. The molecule has 0 atom stereocenters. The lowest BCUT2D eigenvalue weighted by Gasteiger charge is -2.09. The molecule has 82 valence electrons. The first-order valence-corrected chi connectivity index (χ1v) is 4.80. The molecule has 1 aromatic rings. The summed E-state index contributed by atoms with van der Waals surface area (Å²) in [5.74, 6) is 0.577. The van der Waals surface area contributed by atoms with Crippen LogP contribution in [-0.4, -0.2) is 19.6 Å². The fraction of sp³-hybridized carbons (Fsp3) is 0.364. The molecule has 0 saturated heterocycles. The Morgan fingerprint density at radius 1 is 1.53 bits per heavy atom. The van der Waals surface area contributed by atoms with Crippen LogP contribution < -0.4 is 15.8 Å². The van der Waals surface area contributed by atoms with Crippen molar-refractivity contribution in [2.45, 2.75) is 13.5 Å². The zero-order valence-electron chi connectivity index (χ0n) is 9.04. The highest BCUT2D eigenvalue weighted by Crippen LogP contribution is 2.18. The van der Waals surface area contributed by atoms with E-state index < -0.39 is 0 Å². The van der Waals surface area contributed by atoms with Crippen LogP contribution in [-0.2, 0) is 11.3 Å². The molecule has 4 heteroatoms. The maximum absolute atomic E-state index is 11.0. The second-order valence-corrected chi connectivity index (χ2v) is 3.27. The Labute approximate surface area is 89.4 Å². The van der Waals surface area contributed by atoms with E-state index in [1.54, 1.807) is 7.05 Å². The molecular weight excluding hydrogens is 192 g/mol. The van der Waals surface area contributed by atoms with Crippen LogP contribution >= 0.6 is 0 Å². The number of benzene rings is 1. The number of likely N-dealkylation sites (N-methyl/N-ethyl adjacent to an activating group) is 1. The molecule has 0 heterocycles. The quantitative estimate of drug-likeness (QED) is 0.760. The highest BCUT2D eigenvalue weighted by atomic mass is 16.5. The molecule has 0 saturated carbocycles. The van der Waals surface area contributed by atoms with Crippen LogP contribution in [0, 0.1) is 6.92 Å². The Hall–Kier alpha value is -1.55. The van der Waals surface area contributed by atoms with E-state index in [1.807, 2.05) is 25.1 Å². The number of hydrogen-bond acceptors (Lipinski definition) is 3. The number of hydrogen-bond donors (Lipinski definition) is 2. The molecule has 0 aliphatic rings. The summed E-state index contributed by atoms with van der Waals surface area (Å²) in [6.07, 6.45) is 0. The van der Waals surface area contributed by atoms with Crippen molar-refractivity contribution in [2.75, 3.05) is 13.7 Å². The third-order valence-electron chi connectivity index (χ3n) is 2.11. The topological polar surface area (TPSA) is 64.3 Å². The van der Waals surface area contributed by atoms with Crippen molar-refractivity contribution in [1.82, 2.24) is 5.32 Å². The Kier molecular flexibility index (Phi) is 4.12. The van der Waals surface area contributed by atoms with Crippen LogP contribution in [0.3, 0.4) is 0 Å². The number of ether oxygens (including phenoxy) is 1. The van der Waals surface area contributed by atoms with Gasteiger partial charge in [-0.15, -0.1) is 0 Å². The van der Waals surface area contributed by atoms with Crippen molar-refractivity contribution in [3.05, 3.63) is 29.3 Å². The Morgan fingerprint density at radius 3 is 2.80 bits per heavy atom. The molecule has 0 aliphatic carbocycles. The van der Waals surface area contributed by atoms with Crippen LogP contribution in [0.15, 0.2) is 18.2 Å². The van der Waals surface area contributed by atoms with Crippen LogP contribution in [0.25, 0.3) is 0 Å². The summed E-state index contributed by atoms with van der Waals surface area (Å²) in [4.78, 5) is 11.0. The number of nitrogens with one attached hydrogen (secondary N) is 1. The van der Waals surface area contributed by atoms with Crippen molar-refractivity contribution >= 4 is 5.91 Å². The van der Waals surface area contributed by atoms with Gasteiger partial charge in [0, 0.05) is 13.6 Å². The summed E-state index contributed by atoms with van der Waals surface area (Å²) in [6, 6.07) is 5.69. The summed E-state index contributed by atoms with van der Waals surface area (Å²) in [5, 5.41) is 2.49. The lowest BCUT2D eigenvalue weighted by molar-refractivity contribution is -0.122. The van der Waals surface area contributed by atoms with E-state index in [4.69, 9.17) is 10.5 Å². The van der Waals surface area contributed by atoms with Crippen molar-refractivity contribution in [2.24, 2.45) is 5.73 Å². The first-order valence-electron chi connectivity index (χ1n) is 4.80. The second-order valence-electron chi connectivity index (χ2n) is 3.27. The molecule has 0 bridgehead atoms. The average molecular weight is 208 g/mol. The highest BCUT2D eigenvalue weighted by molar-refractivity contribution is 5.77. The van der Waals surface area contributed by atoms with Crippen LogP contribution in [0.1, 0.15) is 11.1 Å². The average Bonchev–Trinajstić information content (AvgIpc) is 2.26. The van der Waals surface area contributed by atoms with Gasteiger partial charge in [-0.2, -0.15) is 0 Å². The minimum absolute atomic E-state index is 0.0410. The standard InChI is InChI=1S/C11H16N2O2/c1-8-5-9(6-12)3-4-10(8)15-7-11(14)13-2/h3-5H,6-7,12H2,1-2H3,(H,13,14). The molecule has 0 unspecified atom stereocenters. The minimum atomic E-state index is -0.141. The SMILES string of the molecule is CNC(=O)COc1ccc(CN)cc1C. The lowest BCUT2D eigenvalue weighted by atomic mass is 10.1. The smallest absolute Gasteiger partial charge is 0.257 e. The van der Waals surface area contributed by atoms with Gasteiger partial charge in [-0.25, -0.2) is 0 Å². The summed E-state index contributed by atoms with van der Waals surface area (Å²) >= 11 is 0. The largest absolute Gasteiger partial charge is 0.484 e. The van der Waals surface area contributed by atoms with Crippen molar-refractivity contribution in [3.8, 4) is 5.75 Å². The van der Waals surface area contributed by atoms with Crippen molar-refractivity contribution in [1.29, 1.82) is 0 Å². The molecule has 0 radical (unpaired) electrons. The summed E-state index contributed by atoms with van der Waals surface area (Å²) in [6.45, 7) is 2.48. The normalized spacial score (nSPS) is 9.80.